The van der Waals surface area contributed by atoms with E-state index in [0.29, 0.717) is 5.76 Å². The van der Waals surface area contributed by atoms with Crippen molar-refractivity contribution in [3.05, 3.63) is 71.3 Å². The summed E-state index contributed by atoms with van der Waals surface area (Å²) >= 11 is 0. The van der Waals surface area contributed by atoms with Crippen LogP contribution in [-0.2, 0) is 12.7 Å². The molecule has 4 nitrogen and oxygen atoms in total. The molecule has 1 aromatic carbocycles. The topological polar surface area (TPSA) is 55.4 Å². The van der Waals surface area contributed by atoms with E-state index in [-0.39, 0.29) is 28.9 Å². The van der Waals surface area contributed by atoms with Crippen molar-refractivity contribution >= 4 is 5.97 Å². The highest BCUT2D eigenvalue weighted by molar-refractivity contribution is 5.92. The second-order valence-electron chi connectivity index (χ2n) is 5.57. The Kier molecular flexibility index (Phi) is 4.16. The van der Waals surface area contributed by atoms with Crippen LogP contribution in [0.25, 0.3) is 11.3 Å². The molecule has 0 saturated carbocycles. The molecule has 0 aliphatic carbocycles. The average Bonchev–Trinajstić information content (AvgIpc) is 3.15. The van der Waals surface area contributed by atoms with E-state index in [0.717, 1.165) is 6.07 Å². The molecule has 3 rings (SSSR count). The van der Waals surface area contributed by atoms with Crippen LogP contribution in [0.4, 0.5) is 13.2 Å². The maximum absolute atomic E-state index is 13.4. The summed E-state index contributed by atoms with van der Waals surface area (Å²) in [6.07, 6.45) is -1.76. The van der Waals surface area contributed by atoms with E-state index in [1.54, 1.807) is 12.1 Å². The van der Waals surface area contributed by atoms with Crippen LogP contribution in [0.5, 0.6) is 0 Å². The molecule has 25 heavy (non-hydrogen) atoms. The smallest absolute Gasteiger partial charge is 0.417 e. The van der Waals surface area contributed by atoms with Crippen molar-refractivity contribution in [1.82, 2.24) is 4.57 Å². The number of halogens is 3. The van der Waals surface area contributed by atoms with Crippen molar-refractivity contribution in [3.8, 4) is 11.3 Å². The van der Waals surface area contributed by atoms with Gasteiger partial charge in [-0.15, -0.1) is 0 Å². The predicted octanol–water partition coefficient (Wildman–Crippen LogP) is 4.82. The maximum Gasteiger partial charge on any atom is 0.417 e. The number of hydrogen-bond donors (Lipinski definition) is 1. The summed E-state index contributed by atoms with van der Waals surface area (Å²) in [5, 5.41) is 9.35. The van der Waals surface area contributed by atoms with Gasteiger partial charge in [0.05, 0.1) is 29.6 Å². The van der Waals surface area contributed by atoms with Crippen LogP contribution in [0.15, 0.2) is 53.3 Å². The molecule has 3 aromatic rings. The molecule has 2 heterocycles. The van der Waals surface area contributed by atoms with E-state index in [2.05, 4.69) is 0 Å². The first-order valence-electron chi connectivity index (χ1n) is 7.41. The van der Waals surface area contributed by atoms with Crippen molar-refractivity contribution in [2.24, 2.45) is 0 Å². The third-order valence-corrected chi connectivity index (χ3v) is 3.96. The van der Waals surface area contributed by atoms with Crippen LogP contribution in [0.2, 0.25) is 0 Å². The van der Waals surface area contributed by atoms with Gasteiger partial charge in [0.2, 0.25) is 0 Å². The van der Waals surface area contributed by atoms with Crippen molar-refractivity contribution in [2.75, 3.05) is 0 Å². The number of aromatic nitrogens is 1. The lowest BCUT2D eigenvalue weighted by Crippen LogP contribution is -2.09. The van der Waals surface area contributed by atoms with E-state index in [4.69, 9.17) is 4.42 Å². The summed E-state index contributed by atoms with van der Waals surface area (Å²) in [4.78, 5) is 11.4. The van der Waals surface area contributed by atoms with Crippen LogP contribution in [-0.4, -0.2) is 15.6 Å². The summed E-state index contributed by atoms with van der Waals surface area (Å²) in [7, 11) is 0. The van der Waals surface area contributed by atoms with Crippen molar-refractivity contribution in [3.63, 3.8) is 0 Å². The number of aromatic carboxylic acids is 1. The highest BCUT2D eigenvalue weighted by atomic mass is 19.4. The van der Waals surface area contributed by atoms with Crippen molar-refractivity contribution < 1.29 is 27.5 Å². The summed E-state index contributed by atoms with van der Waals surface area (Å²) in [6, 6.07) is 8.46. The Morgan fingerprint density at radius 3 is 2.52 bits per heavy atom. The zero-order valence-corrected chi connectivity index (χ0v) is 13.2. The second-order valence-corrected chi connectivity index (χ2v) is 5.57. The van der Waals surface area contributed by atoms with Crippen LogP contribution in [0.3, 0.4) is 0 Å². The molecule has 0 aliphatic heterocycles. The number of rotatable bonds is 4. The molecule has 0 spiro atoms. The van der Waals surface area contributed by atoms with Crippen molar-refractivity contribution in [1.29, 1.82) is 0 Å². The Labute approximate surface area is 141 Å². The van der Waals surface area contributed by atoms with E-state index in [1.165, 1.54) is 42.1 Å². The van der Waals surface area contributed by atoms with Gasteiger partial charge >= 0.3 is 12.1 Å². The number of benzene rings is 1. The molecule has 0 bridgehead atoms. The predicted molar refractivity (Wildman–Crippen MR) is 84.4 cm³/mol. The van der Waals surface area contributed by atoms with Crippen molar-refractivity contribution in [2.45, 2.75) is 19.6 Å². The number of furan rings is 1. The van der Waals surface area contributed by atoms with Gasteiger partial charge in [0, 0.05) is 11.8 Å². The molecular formula is C18H14F3NO3. The Bertz CT molecular complexity index is 908. The minimum absolute atomic E-state index is 0.0430. The molecule has 0 aliphatic rings. The van der Waals surface area contributed by atoms with E-state index in [1.807, 2.05) is 0 Å². The SMILES string of the molecule is Cc1c(C(=O)O)cn(Cc2ccco2)c1-c1ccccc1C(F)(F)F. The molecule has 0 saturated heterocycles. The monoisotopic (exact) mass is 349 g/mol. The van der Waals surface area contributed by atoms with Crippen LogP contribution in [0.1, 0.15) is 27.2 Å². The summed E-state index contributed by atoms with van der Waals surface area (Å²) in [6.45, 7) is 1.63. The maximum atomic E-state index is 13.4. The number of carboxylic acid groups (broad SMARTS) is 1. The second kappa shape index (κ2) is 6.16. The zero-order valence-electron chi connectivity index (χ0n) is 13.2. The van der Waals surface area contributed by atoms with Gasteiger partial charge in [-0.2, -0.15) is 13.2 Å². The summed E-state index contributed by atoms with van der Waals surface area (Å²) in [5.41, 5.74) is -0.434. The number of alkyl halides is 3. The van der Waals surface area contributed by atoms with E-state index < -0.39 is 17.7 Å². The van der Waals surface area contributed by atoms with Gasteiger partial charge in [-0.05, 0) is 30.7 Å². The molecule has 130 valence electrons. The quantitative estimate of drug-likeness (QED) is 0.734. The third-order valence-electron chi connectivity index (χ3n) is 3.96. The van der Waals surface area contributed by atoms with Gasteiger partial charge in [-0.1, -0.05) is 18.2 Å². The summed E-state index contributed by atoms with van der Waals surface area (Å²) in [5.74, 6) is -0.681. The number of hydrogen-bond acceptors (Lipinski definition) is 2. The average molecular weight is 349 g/mol. The molecule has 1 N–H and O–H groups in total. The number of carboxylic acids is 1. The molecule has 0 radical (unpaired) electrons. The Hall–Kier alpha value is -2.96. The Balaban J connectivity index is 2.23. The first kappa shape index (κ1) is 16.9. The highest BCUT2D eigenvalue weighted by Gasteiger charge is 2.35. The number of nitrogens with zero attached hydrogens (tertiary/aromatic N) is 1. The third kappa shape index (κ3) is 3.17. The normalized spacial score (nSPS) is 11.7. The lowest BCUT2D eigenvalue weighted by Gasteiger charge is -2.15. The minimum Gasteiger partial charge on any atom is -0.478 e. The lowest BCUT2D eigenvalue weighted by atomic mass is 10.00. The molecule has 0 fully saturated rings. The molecular weight excluding hydrogens is 335 g/mol. The number of carbonyl (C=O) groups is 1. The Morgan fingerprint density at radius 1 is 1.20 bits per heavy atom. The highest BCUT2D eigenvalue weighted by Crippen LogP contribution is 2.39. The molecule has 0 amide bonds. The van der Waals surface area contributed by atoms with Gasteiger partial charge in [0.25, 0.3) is 0 Å². The first-order valence-corrected chi connectivity index (χ1v) is 7.41. The lowest BCUT2D eigenvalue weighted by molar-refractivity contribution is -0.137. The standard InChI is InChI=1S/C18H14F3NO3/c1-11-14(17(23)24)10-22(9-12-5-4-8-25-12)16(11)13-6-2-3-7-15(13)18(19,20)21/h2-8,10H,9H2,1H3,(H,23,24). The molecule has 2 aromatic heterocycles. The van der Waals surface area contributed by atoms with E-state index in [9.17, 15) is 23.1 Å². The molecule has 7 heteroatoms. The van der Waals surface area contributed by atoms with Gasteiger partial charge in [0.1, 0.15) is 5.76 Å². The van der Waals surface area contributed by atoms with Crippen LogP contribution in [0, 0.1) is 6.92 Å². The minimum atomic E-state index is -4.55. The fourth-order valence-corrected chi connectivity index (χ4v) is 2.86. The largest absolute Gasteiger partial charge is 0.478 e. The molecule has 0 unspecified atom stereocenters. The zero-order chi connectivity index (χ0) is 18.2. The summed E-state index contributed by atoms with van der Waals surface area (Å²) < 4.78 is 46.9. The molecule has 0 atom stereocenters. The van der Waals surface area contributed by atoms with Gasteiger partial charge in [-0.3, -0.25) is 0 Å². The van der Waals surface area contributed by atoms with Crippen LogP contribution < -0.4 is 0 Å². The van der Waals surface area contributed by atoms with Gasteiger partial charge in [0.15, 0.2) is 0 Å². The Morgan fingerprint density at radius 2 is 1.92 bits per heavy atom. The first-order chi connectivity index (χ1) is 11.8. The van der Waals surface area contributed by atoms with Crippen LogP contribution >= 0.6 is 0 Å². The van der Waals surface area contributed by atoms with Gasteiger partial charge in [-0.25, -0.2) is 4.79 Å². The fraction of sp³-hybridized carbons (Fsp3) is 0.167. The van der Waals surface area contributed by atoms with Gasteiger partial charge < -0.3 is 14.1 Å². The van der Waals surface area contributed by atoms with E-state index >= 15 is 0 Å². The fourth-order valence-electron chi connectivity index (χ4n) is 2.86.